The molecule has 0 saturated heterocycles. The van der Waals surface area contributed by atoms with Gasteiger partial charge in [-0.1, -0.05) is 33.6 Å². The molecule has 100 valence electrons. The van der Waals surface area contributed by atoms with Crippen LogP contribution in [0.3, 0.4) is 0 Å². The van der Waals surface area contributed by atoms with Crippen LogP contribution in [-0.4, -0.2) is 12.0 Å². The summed E-state index contributed by atoms with van der Waals surface area (Å²) in [5.41, 5.74) is 2.01. The van der Waals surface area contributed by atoms with E-state index in [0.717, 1.165) is 21.3 Å². The first-order valence-corrected chi connectivity index (χ1v) is 7.00. The molecular formula is C14H14BrClN2O. The second-order valence-electron chi connectivity index (χ2n) is 4.16. The average molecular weight is 342 g/mol. The fourth-order valence-electron chi connectivity index (χ4n) is 1.64. The minimum absolute atomic E-state index is 0.538. The largest absolute Gasteiger partial charge is 0.439 e. The molecule has 1 aromatic carbocycles. The average Bonchev–Trinajstić information content (AvgIpc) is 2.38. The van der Waals surface area contributed by atoms with Crippen LogP contribution in [-0.2, 0) is 6.54 Å². The number of benzene rings is 1. The van der Waals surface area contributed by atoms with E-state index in [9.17, 15) is 0 Å². The molecule has 19 heavy (non-hydrogen) atoms. The van der Waals surface area contributed by atoms with Crippen molar-refractivity contribution >= 4 is 27.5 Å². The second-order valence-corrected chi connectivity index (χ2v) is 5.48. The summed E-state index contributed by atoms with van der Waals surface area (Å²) < 4.78 is 6.77. The number of aromatic nitrogens is 1. The lowest BCUT2D eigenvalue weighted by Gasteiger charge is -2.10. The molecule has 0 amide bonds. The number of nitrogens with one attached hydrogen (secondary N) is 1. The van der Waals surface area contributed by atoms with E-state index in [2.05, 4.69) is 26.2 Å². The van der Waals surface area contributed by atoms with Crippen molar-refractivity contribution in [3.05, 3.63) is 51.1 Å². The monoisotopic (exact) mass is 340 g/mol. The van der Waals surface area contributed by atoms with Crippen molar-refractivity contribution < 1.29 is 4.74 Å². The predicted molar refractivity (Wildman–Crippen MR) is 81.0 cm³/mol. The van der Waals surface area contributed by atoms with Crippen LogP contribution in [0.5, 0.6) is 11.6 Å². The number of nitrogens with zero attached hydrogens (tertiary/aromatic N) is 1. The highest BCUT2D eigenvalue weighted by Gasteiger charge is 2.07. The Balaban J connectivity index is 2.28. The third-order valence-corrected chi connectivity index (χ3v) is 3.48. The number of halogens is 2. The Labute approximate surface area is 126 Å². The molecule has 3 nitrogen and oxygen atoms in total. The second kappa shape index (κ2) is 6.37. The third-order valence-electron chi connectivity index (χ3n) is 2.64. The number of hydrogen-bond donors (Lipinski definition) is 1. The molecule has 1 heterocycles. The molecular weight excluding hydrogens is 328 g/mol. The van der Waals surface area contributed by atoms with Gasteiger partial charge in [-0.15, -0.1) is 0 Å². The summed E-state index contributed by atoms with van der Waals surface area (Å²) >= 11 is 9.50. The van der Waals surface area contributed by atoms with Gasteiger partial charge in [0.05, 0.1) is 5.02 Å². The standard InChI is InChI=1S/C14H14BrClN2O/c1-9-3-4-11(15)6-13(9)19-14-5-10(7-17-2)12(16)8-18-14/h3-6,8,17H,7H2,1-2H3. The summed E-state index contributed by atoms with van der Waals surface area (Å²) in [5, 5.41) is 3.69. The molecule has 0 fully saturated rings. The van der Waals surface area contributed by atoms with Gasteiger partial charge < -0.3 is 10.1 Å². The van der Waals surface area contributed by atoms with Gasteiger partial charge >= 0.3 is 0 Å². The van der Waals surface area contributed by atoms with Gasteiger partial charge in [0, 0.05) is 23.3 Å². The lowest BCUT2D eigenvalue weighted by Crippen LogP contribution is -2.06. The molecule has 0 radical (unpaired) electrons. The Kier molecular flexibility index (Phi) is 4.80. The van der Waals surface area contributed by atoms with E-state index in [4.69, 9.17) is 16.3 Å². The summed E-state index contributed by atoms with van der Waals surface area (Å²) in [6, 6.07) is 7.73. The van der Waals surface area contributed by atoms with Crippen LogP contribution in [0.1, 0.15) is 11.1 Å². The normalized spacial score (nSPS) is 10.5. The van der Waals surface area contributed by atoms with E-state index in [-0.39, 0.29) is 0 Å². The van der Waals surface area contributed by atoms with Gasteiger partial charge in [0.1, 0.15) is 5.75 Å². The number of hydrogen-bond acceptors (Lipinski definition) is 3. The van der Waals surface area contributed by atoms with E-state index in [0.29, 0.717) is 17.4 Å². The summed E-state index contributed by atoms with van der Waals surface area (Å²) in [6.07, 6.45) is 1.61. The maximum Gasteiger partial charge on any atom is 0.219 e. The molecule has 0 unspecified atom stereocenters. The van der Waals surface area contributed by atoms with E-state index in [1.807, 2.05) is 38.2 Å². The van der Waals surface area contributed by atoms with Crippen LogP contribution in [0.15, 0.2) is 34.9 Å². The molecule has 0 aliphatic carbocycles. The van der Waals surface area contributed by atoms with Crippen molar-refractivity contribution in [1.82, 2.24) is 10.3 Å². The minimum Gasteiger partial charge on any atom is -0.439 e. The lowest BCUT2D eigenvalue weighted by molar-refractivity contribution is 0.458. The van der Waals surface area contributed by atoms with Crippen molar-refractivity contribution in [2.45, 2.75) is 13.5 Å². The fourth-order valence-corrected chi connectivity index (χ4v) is 2.15. The lowest BCUT2D eigenvalue weighted by atomic mass is 10.2. The zero-order chi connectivity index (χ0) is 13.8. The van der Waals surface area contributed by atoms with Crippen LogP contribution in [0.4, 0.5) is 0 Å². The molecule has 0 atom stereocenters. The van der Waals surface area contributed by atoms with Crippen LogP contribution >= 0.6 is 27.5 Å². The predicted octanol–water partition coefficient (Wildman–Crippen LogP) is 4.32. The zero-order valence-electron chi connectivity index (χ0n) is 10.7. The molecule has 5 heteroatoms. The fraction of sp³-hybridized carbons (Fsp3) is 0.214. The topological polar surface area (TPSA) is 34.1 Å². The van der Waals surface area contributed by atoms with E-state index >= 15 is 0 Å². The van der Waals surface area contributed by atoms with Crippen LogP contribution in [0, 0.1) is 6.92 Å². The maximum absolute atomic E-state index is 6.07. The van der Waals surface area contributed by atoms with Gasteiger partial charge in [0.15, 0.2) is 0 Å². The van der Waals surface area contributed by atoms with Gasteiger partial charge in [0.25, 0.3) is 0 Å². The molecule has 1 aromatic heterocycles. The molecule has 2 rings (SSSR count). The zero-order valence-corrected chi connectivity index (χ0v) is 13.0. The summed E-state index contributed by atoms with van der Waals surface area (Å²) in [6.45, 7) is 2.67. The minimum atomic E-state index is 0.538. The van der Waals surface area contributed by atoms with Crippen molar-refractivity contribution in [3.8, 4) is 11.6 Å². The summed E-state index contributed by atoms with van der Waals surface area (Å²) in [5.74, 6) is 1.32. The van der Waals surface area contributed by atoms with E-state index in [1.54, 1.807) is 6.20 Å². The molecule has 0 saturated carbocycles. The number of ether oxygens (including phenoxy) is 1. The Morgan fingerprint density at radius 3 is 2.89 bits per heavy atom. The smallest absolute Gasteiger partial charge is 0.219 e. The van der Waals surface area contributed by atoms with Gasteiger partial charge in [-0.3, -0.25) is 0 Å². The number of aryl methyl sites for hydroxylation is 1. The van der Waals surface area contributed by atoms with E-state index in [1.165, 1.54) is 0 Å². The Hall–Kier alpha value is -1.10. The number of pyridine rings is 1. The van der Waals surface area contributed by atoms with Crippen molar-refractivity contribution in [3.63, 3.8) is 0 Å². The SMILES string of the molecule is CNCc1cc(Oc2cc(Br)ccc2C)ncc1Cl. The van der Waals surface area contributed by atoms with Gasteiger partial charge in [-0.25, -0.2) is 4.98 Å². The van der Waals surface area contributed by atoms with Crippen molar-refractivity contribution in [2.24, 2.45) is 0 Å². The highest BCUT2D eigenvalue weighted by atomic mass is 79.9. The van der Waals surface area contributed by atoms with Gasteiger partial charge in [0.2, 0.25) is 5.88 Å². The maximum atomic E-state index is 6.07. The third kappa shape index (κ3) is 3.69. The van der Waals surface area contributed by atoms with Gasteiger partial charge in [-0.2, -0.15) is 0 Å². The first kappa shape index (κ1) is 14.3. The highest BCUT2D eigenvalue weighted by molar-refractivity contribution is 9.10. The molecule has 0 aliphatic heterocycles. The molecule has 2 aromatic rings. The Morgan fingerprint density at radius 1 is 1.37 bits per heavy atom. The molecule has 0 bridgehead atoms. The summed E-state index contributed by atoms with van der Waals surface area (Å²) in [7, 11) is 1.87. The first-order chi connectivity index (χ1) is 9.10. The first-order valence-electron chi connectivity index (χ1n) is 5.83. The Bertz CT molecular complexity index is 590. The Morgan fingerprint density at radius 2 is 2.16 bits per heavy atom. The van der Waals surface area contributed by atoms with Gasteiger partial charge in [-0.05, 0) is 37.2 Å². The molecule has 0 aliphatic rings. The summed E-state index contributed by atoms with van der Waals surface area (Å²) in [4.78, 5) is 4.19. The van der Waals surface area contributed by atoms with Crippen LogP contribution in [0.2, 0.25) is 5.02 Å². The molecule has 1 N–H and O–H groups in total. The molecule has 0 spiro atoms. The van der Waals surface area contributed by atoms with Crippen molar-refractivity contribution in [2.75, 3.05) is 7.05 Å². The van der Waals surface area contributed by atoms with Crippen LogP contribution in [0.25, 0.3) is 0 Å². The van der Waals surface area contributed by atoms with Crippen molar-refractivity contribution in [1.29, 1.82) is 0 Å². The quantitative estimate of drug-likeness (QED) is 0.899. The van der Waals surface area contributed by atoms with E-state index < -0.39 is 0 Å². The van der Waals surface area contributed by atoms with Crippen LogP contribution < -0.4 is 10.1 Å². The highest BCUT2D eigenvalue weighted by Crippen LogP contribution is 2.28. The number of rotatable bonds is 4.